The molecule has 1 atom stereocenters. The lowest BCUT2D eigenvalue weighted by Gasteiger charge is -2.47. The van der Waals surface area contributed by atoms with Crippen LogP contribution in [0.25, 0.3) is 0 Å². The van der Waals surface area contributed by atoms with Crippen molar-refractivity contribution >= 4 is 11.8 Å². The Morgan fingerprint density at radius 1 is 1.20 bits per heavy atom. The summed E-state index contributed by atoms with van der Waals surface area (Å²) in [5, 5.41) is 0. The molecule has 3 aliphatic rings. The van der Waals surface area contributed by atoms with Crippen LogP contribution in [0.5, 0.6) is 0 Å². The Labute approximate surface area is 150 Å². The van der Waals surface area contributed by atoms with Gasteiger partial charge in [0.15, 0.2) is 0 Å². The number of piperazine rings is 1. The molecule has 25 heavy (non-hydrogen) atoms. The summed E-state index contributed by atoms with van der Waals surface area (Å²) in [6.07, 6.45) is 6.32. The Morgan fingerprint density at radius 2 is 1.96 bits per heavy atom. The van der Waals surface area contributed by atoms with Crippen LogP contribution in [0.15, 0.2) is 18.2 Å². The normalized spacial score (nSPS) is 25.4. The number of benzene rings is 1. The largest absolute Gasteiger partial charge is 0.332 e. The zero-order chi connectivity index (χ0) is 17.6. The maximum Gasteiger partial charge on any atom is 0.242 e. The van der Waals surface area contributed by atoms with E-state index in [0.29, 0.717) is 6.54 Å². The van der Waals surface area contributed by atoms with Crippen LogP contribution in [0.2, 0.25) is 0 Å². The van der Waals surface area contributed by atoms with Crippen LogP contribution in [0.1, 0.15) is 61.8 Å². The van der Waals surface area contributed by atoms with Crippen LogP contribution in [0.3, 0.4) is 0 Å². The summed E-state index contributed by atoms with van der Waals surface area (Å²) in [5.74, 6) is 0.302. The van der Waals surface area contributed by atoms with Crippen molar-refractivity contribution in [2.24, 2.45) is 5.41 Å². The van der Waals surface area contributed by atoms with E-state index in [0.717, 1.165) is 38.6 Å². The fourth-order valence-electron chi connectivity index (χ4n) is 4.92. The van der Waals surface area contributed by atoms with Crippen molar-refractivity contribution in [1.29, 1.82) is 0 Å². The van der Waals surface area contributed by atoms with E-state index in [1.54, 1.807) is 0 Å². The fraction of sp³-hybridized carbons (Fsp3) is 0.619. The summed E-state index contributed by atoms with van der Waals surface area (Å²) in [5.41, 5.74) is 3.52. The average molecular weight is 340 g/mol. The third-order valence-corrected chi connectivity index (χ3v) is 6.46. The van der Waals surface area contributed by atoms with Gasteiger partial charge in [0.25, 0.3) is 0 Å². The van der Waals surface area contributed by atoms with Gasteiger partial charge in [-0.25, -0.2) is 0 Å². The number of hydrogen-bond acceptors (Lipinski definition) is 2. The number of nitrogens with zero attached hydrogens (tertiary/aromatic N) is 2. The predicted octanol–water partition coefficient (Wildman–Crippen LogP) is 3.23. The maximum absolute atomic E-state index is 13.2. The van der Waals surface area contributed by atoms with Gasteiger partial charge in [0.2, 0.25) is 11.8 Å². The molecule has 2 aliphatic heterocycles. The Morgan fingerprint density at radius 3 is 2.72 bits per heavy atom. The van der Waals surface area contributed by atoms with E-state index < -0.39 is 0 Å². The lowest BCUT2D eigenvalue weighted by atomic mass is 9.74. The summed E-state index contributed by atoms with van der Waals surface area (Å²) in [4.78, 5) is 29.8. The standard InChI is InChI=1S/C21H28N2O2/c1-15-6-7-16-8-11-23-18(17(16)12-15)13-22(14-19(23)24)20(25)21(2)9-4-3-5-10-21/h6-7,12,18H,3-5,8-11,13-14H2,1-2H3. The molecule has 1 aromatic carbocycles. The summed E-state index contributed by atoms with van der Waals surface area (Å²) in [6, 6.07) is 6.57. The molecule has 134 valence electrons. The summed E-state index contributed by atoms with van der Waals surface area (Å²) < 4.78 is 0. The summed E-state index contributed by atoms with van der Waals surface area (Å²) in [7, 11) is 0. The van der Waals surface area contributed by atoms with Crippen molar-refractivity contribution in [3.05, 3.63) is 34.9 Å². The molecule has 1 aromatic rings. The Balaban J connectivity index is 1.62. The number of carbonyl (C=O) groups excluding carboxylic acids is 2. The van der Waals surface area contributed by atoms with Crippen LogP contribution in [-0.4, -0.2) is 41.2 Å². The number of rotatable bonds is 1. The number of aryl methyl sites for hydroxylation is 1. The first-order chi connectivity index (χ1) is 12.0. The monoisotopic (exact) mass is 340 g/mol. The molecular formula is C21H28N2O2. The lowest BCUT2D eigenvalue weighted by Crippen LogP contribution is -2.58. The Kier molecular flexibility index (Phi) is 4.09. The van der Waals surface area contributed by atoms with E-state index in [-0.39, 0.29) is 29.8 Å². The minimum atomic E-state index is -0.273. The van der Waals surface area contributed by atoms with E-state index in [9.17, 15) is 9.59 Å². The minimum absolute atomic E-state index is 0.0287. The molecule has 4 rings (SSSR count). The topological polar surface area (TPSA) is 40.6 Å². The second-order valence-electron chi connectivity index (χ2n) is 8.36. The van der Waals surface area contributed by atoms with Crippen molar-refractivity contribution in [3.8, 4) is 0 Å². The minimum Gasteiger partial charge on any atom is -0.332 e. The molecule has 2 amide bonds. The molecule has 2 fully saturated rings. The zero-order valence-electron chi connectivity index (χ0n) is 15.4. The molecule has 1 saturated heterocycles. The molecule has 2 heterocycles. The van der Waals surface area contributed by atoms with Gasteiger partial charge in [-0.3, -0.25) is 9.59 Å². The van der Waals surface area contributed by atoms with Gasteiger partial charge in [0, 0.05) is 18.5 Å². The van der Waals surface area contributed by atoms with Gasteiger partial charge in [-0.15, -0.1) is 0 Å². The average Bonchev–Trinajstić information content (AvgIpc) is 2.61. The van der Waals surface area contributed by atoms with Gasteiger partial charge in [0.05, 0.1) is 12.6 Å². The number of amides is 2. The summed E-state index contributed by atoms with van der Waals surface area (Å²) in [6.45, 7) is 5.88. The first kappa shape index (κ1) is 16.6. The lowest BCUT2D eigenvalue weighted by molar-refractivity contribution is -0.155. The first-order valence-corrected chi connectivity index (χ1v) is 9.66. The smallest absolute Gasteiger partial charge is 0.242 e. The molecule has 1 aliphatic carbocycles. The zero-order valence-corrected chi connectivity index (χ0v) is 15.4. The van der Waals surface area contributed by atoms with E-state index in [1.807, 2.05) is 9.80 Å². The highest BCUT2D eigenvalue weighted by atomic mass is 16.2. The molecule has 1 unspecified atom stereocenters. The quantitative estimate of drug-likeness (QED) is 0.787. The third kappa shape index (κ3) is 2.86. The van der Waals surface area contributed by atoms with Gasteiger partial charge in [-0.2, -0.15) is 0 Å². The van der Waals surface area contributed by atoms with Gasteiger partial charge >= 0.3 is 0 Å². The molecule has 0 spiro atoms. The summed E-state index contributed by atoms with van der Waals surface area (Å²) >= 11 is 0. The molecule has 0 radical (unpaired) electrons. The highest BCUT2D eigenvalue weighted by molar-refractivity contribution is 5.89. The van der Waals surface area contributed by atoms with Crippen molar-refractivity contribution in [2.45, 2.75) is 58.4 Å². The van der Waals surface area contributed by atoms with Crippen molar-refractivity contribution in [2.75, 3.05) is 19.6 Å². The van der Waals surface area contributed by atoms with Crippen molar-refractivity contribution < 1.29 is 9.59 Å². The van der Waals surface area contributed by atoms with E-state index in [2.05, 4.69) is 32.0 Å². The maximum atomic E-state index is 13.2. The van der Waals surface area contributed by atoms with Crippen LogP contribution in [0.4, 0.5) is 0 Å². The number of carbonyl (C=O) groups is 2. The predicted molar refractivity (Wildman–Crippen MR) is 97.1 cm³/mol. The van der Waals surface area contributed by atoms with Crippen LogP contribution >= 0.6 is 0 Å². The molecule has 0 bridgehead atoms. The third-order valence-electron chi connectivity index (χ3n) is 6.46. The highest BCUT2D eigenvalue weighted by Crippen LogP contribution is 2.40. The van der Waals surface area contributed by atoms with Crippen molar-refractivity contribution in [1.82, 2.24) is 9.80 Å². The molecular weight excluding hydrogens is 312 g/mol. The molecule has 4 nitrogen and oxygen atoms in total. The number of hydrogen-bond donors (Lipinski definition) is 0. The Bertz CT molecular complexity index is 706. The van der Waals surface area contributed by atoms with Gasteiger partial charge in [0.1, 0.15) is 0 Å². The molecule has 1 saturated carbocycles. The van der Waals surface area contributed by atoms with Crippen LogP contribution in [-0.2, 0) is 16.0 Å². The molecule has 0 aromatic heterocycles. The van der Waals surface area contributed by atoms with Gasteiger partial charge in [-0.1, -0.05) is 49.9 Å². The van der Waals surface area contributed by atoms with Crippen LogP contribution in [0, 0.1) is 12.3 Å². The molecule has 0 N–H and O–H groups in total. The van der Waals surface area contributed by atoms with E-state index in [4.69, 9.17) is 0 Å². The van der Waals surface area contributed by atoms with Gasteiger partial charge in [-0.05, 0) is 37.3 Å². The van der Waals surface area contributed by atoms with E-state index in [1.165, 1.54) is 23.1 Å². The fourth-order valence-corrected chi connectivity index (χ4v) is 4.92. The SMILES string of the molecule is Cc1ccc2c(c1)C1CN(C(=O)C3(C)CCCCC3)CC(=O)N1CC2. The highest BCUT2D eigenvalue weighted by Gasteiger charge is 2.43. The first-order valence-electron chi connectivity index (χ1n) is 9.66. The second kappa shape index (κ2) is 6.15. The molecule has 4 heteroatoms. The van der Waals surface area contributed by atoms with Crippen LogP contribution < -0.4 is 0 Å². The van der Waals surface area contributed by atoms with Crippen molar-refractivity contribution in [3.63, 3.8) is 0 Å². The second-order valence-corrected chi connectivity index (χ2v) is 8.36. The van der Waals surface area contributed by atoms with E-state index >= 15 is 0 Å². The number of fused-ring (bicyclic) bond motifs is 3. The Hall–Kier alpha value is -1.84. The van der Waals surface area contributed by atoms with Gasteiger partial charge < -0.3 is 9.80 Å².